The van der Waals surface area contributed by atoms with Crippen molar-refractivity contribution in [3.8, 4) is 0 Å². The lowest BCUT2D eigenvalue weighted by Gasteiger charge is -2.31. The van der Waals surface area contributed by atoms with Crippen molar-refractivity contribution in [1.82, 2.24) is 5.32 Å². The number of amides is 2. The summed E-state index contributed by atoms with van der Waals surface area (Å²) in [4.78, 5) is 23.0. The summed E-state index contributed by atoms with van der Waals surface area (Å²) in [6.07, 6.45) is -12.5. The van der Waals surface area contributed by atoms with Crippen LogP contribution in [0.15, 0.2) is 71.2 Å². The van der Waals surface area contributed by atoms with Crippen molar-refractivity contribution in [3.63, 3.8) is 0 Å². The van der Waals surface area contributed by atoms with Crippen LogP contribution in [0.25, 0.3) is 0 Å². The molecule has 0 fully saturated rings. The number of hydrogen-bond acceptors (Lipinski definition) is 2. The van der Waals surface area contributed by atoms with E-state index in [1.165, 1.54) is 34.7 Å². The van der Waals surface area contributed by atoms with E-state index < -0.39 is 45.3 Å². The molecule has 0 aliphatic rings. The number of nitrogens with one attached hydrogen (secondary N) is 2. The van der Waals surface area contributed by atoms with E-state index in [4.69, 9.17) is 0 Å². The van der Waals surface area contributed by atoms with Crippen molar-refractivity contribution >= 4 is 56.0 Å². The van der Waals surface area contributed by atoms with E-state index >= 15 is 0 Å². The van der Waals surface area contributed by atoms with Gasteiger partial charge in [0.1, 0.15) is 5.82 Å². The van der Waals surface area contributed by atoms with E-state index in [1.807, 2.05) is 18.2 Å². The Kier molecular flexibility index (Phi) is 10.3. The Morgan fingerprint density at radius 1 is 0.816 bits per heavy atom. The summed E-state index contributed by atoms with van der Waals surface area (Å²) in [6.45, 7) is 0. The topological polar surface area (TPSA) is 58.2 Å². The summed E-state index contributed by atoms with van der Waals surface area (Å²) in [5.74, 6) is -1.93. The van der Waals surface area contributed by atoms with Gasteiger partial charge in [-0.25, -0.2) is 8.78 Å². The van der Waals surface area contributed by atoms with Crippen LogP contribution >= 0.6 is 38.5 Å². The molecule has 0 heterocycles. The van der Waals surface area contributed by atoms with Crippen molar-refractivity contribution in [2.24, 2.45) is 0 Å². The standard InChI is InChI=1S/C16H7BrF8INO.C8H9NO/c17-9-5-7(14(19,15(20,21)22)16(23,24)25)6-11(26)12(9)27-13(28)8-3-1-2-4-10(8)18;1-9-8(10)7-5-3-2-4-6-7/h1-6H,(H,27,28);2-6H,1H3,(H,9,10). The second kappa shape index (κ2) is 12.4. The number of alkyl halides is 7. The first-order chi connectivity index (χ1) is 17.5. The largest absolute Gasteiger partial charge is 0.435 e. The Bertz CT molecular complexity index is 1260. The van der Waals surface area contributed by atoms with Gasteiger partial charge < -0.3 is 10.6 Å². The van der Waals surface area contributed by atoms with Gasteiger partial charge in [0.25, 0.3) is 11.8 Å². The number of hydrogen-bond donors (Lipinski definition) is 2. The van der Waals surface area contributed by atoms with Gasteiger partial charge in [-0.1, -0.05) is 30.3 Å². The predicted molar refractivity (Wildman–Crippen MR) is 136 cm³/mol. The number of rotatable bonds is 4. The third-order valence-corrected chi connectivity index (χ3v) is 6.32. The second-order valence-electron chi connectivity index (χ2n) is 7.35. The number of benzene rings is 3. The van der Waals surface area contributed by atoms with Gasteiger partial charge in [-0.15, -0.1) is 0 Å². The van der Waals surface area contributed by atoms with Crippen LogP contribution in [0.2, 0.25) is 0 Å². The Morgan fingerprint density at radius 3 is 1.82 bits per heavy atom. The molecule has 3 rings (SSSR count). The van der Waals surface area contributed by atoms with E-state index in [-0.39, 0.29) is 21.2 Å². The molecule has 0 spiro atoms. The normalized spacial score (nSPS) is 11.8. The predicted octanol–water partition coefficient (Wildman–Crippen LogP) is 7.78. The molecule has 0 aromatic heterocycles. The van der Waals surface area contributed by atoms with E-state index in [1.54, 1.807) is 19.2 Å². The van der Waals surface area contributed by atoms with Gasteiger partial charge in [0, 0.05) is 26.2 Å². The monoisotopic (exact) mass is 722 g/mol. The van der Waals surface area contributed by atoms with Crippen LogP contribution in [-0.4, -0.2) is 31.2 Å². The number of carbonyl (C=O) groups excluding carboxylic acids is 2. The zero-order chi connectivity index (χ0) is 28.9. The van der Waals surface area contributed by atoms with Gasteiger partial charge in [-0.2, -0.15) is 26.3 Å². The van der Waals surface area contributed by atoms with Gasteiger partial charge in [-0.3, -0.25) is 9.59 Å². The molecule has 0 aliphatic heterocycles. The summed E-state index contributed by atoms with van der Waals surface area (Å²) in [6, 6.07) is 14.5. The fraction of sp³-hybridized carbons (Fsp3) is 0.167. The minimum atomic E-state index is -6.27. The minimum absolute atomic E-state index is 0.0411. The molecule has 0 atom stereocenters. The van der Waals surface area contributed by atoms with Crippen LogP contribution in [0, 0.1) is 9.39 Å². The molecule has 0 saturated carbocycles. The maximum Gasteiger partial charge on any atom is 0.435 e. The van der Waals surface area contributed by atoms with Gasteiger partial charge >= 0.3 is 18.0 Å². The second-order valence-corrected chi connectivity index (χ2v) is 9.36. The maximum absolute atomic E-state index is 14.2. The summed E-state index contributed by atoms with van der Waals surface area (Å²) >= 11 is 4.06. The smallest absolute Gasteiger partial charge is 0.355 e. The van der Waals surface area contributed by atoms with Crippen LogP contribution in [0.3, 0.4) is 0 Å². The molecular formula is C24H16BrF8IN2O2. The minimum Gasteiger partial charge on any atom is -0.355 e. The fourth-order valence-electron chi connectivity index (χ4n) is 2.94. The molecule has 0 bridgehead atoms. The highest BCUT2D eigenvalue weighted by Gasteiger charge is 2.73. The number of carbonyl (C=O) groups is 2. The zero-order valence-corrected chi connectivity index (χ0v) is 22.7. The molecule has 4 nitrogen and oxygen atoms in total. The van der Waals surface area contributed by atoms with Crippen molar-refractivity contribution in [3.05, 3.63) is 97.3 Å². The summed E-state index contributed by atoms with van der Waals surface area (Å²) in [5.41, 5.74) is -7.28. The molecule has 3 aromatic carbocycles. The molecule has 0 aliphatic carbocycles. The lowest BCUT2D eigenvalue weighted by molar-refractivity contribution is -0.348. The zero-order valence-electron chi connectivity index (χ0n) is 18.9. The lowest BCUT2D eigenvalue weighted by atomic mass is 9.94. The highest BCUT2D eigenvalue weighted by Crippen LogP contribution is 2.54. The molecule has 2 N–H and O–H groups in total. The van der Waals surface area contributed by atoms with Gasteiger partial charge in [-0.05, 0) is 74.9 Å². The first kappa shape index (κ1) is 31.5. The Balaban J connectivity index is 0.000000423. The van der Waals surface area contributed by atoms with Gasteiger partial charge in [0.2, 0.25) is 0 Å². The molecule has 14 heteroatoms. The number of anilines is 1. The summed E-state index contributed by atoms with van der Waals surface area (Å²) < 4.78 is 104. The Labute approximate surface area is 233 Å². The highest BCUT2D eigenvalue weighted by molar-refractivity contribution is 14.1. The molecule has 3 aromatic rings. The Morgan fingerprint density at radius 2 is 1.34 bits per heavy atom. The third-order valence-electron chi connectivity index (χ3n) is 4.84. The van der Waals surface area contributed by atoms with Gasteiger partial charge in [0.05, 0.1) is 11.3 Å². The van der Waals surface area contributed by atoms with Crippen molar-refractivity contribution in [2.45, 2.75) is 18.0 Å². The van der Waals surface area contributed by atoms with Crippen LogP contribution in [-0.2, 0) is 5.67 Å². The SMILES string of the molecule is CNC(=O)c1ccccc1.O=C(Nc1c(Br)cc(C(F)(C(F)(F)F)C(F)(F)F)cc1I)c1ccccc1F. The van der Waals surface area contributed by atoms with Crippen LogP contribution in [0.5, 0.6) is 0 Å². The average molecular weight is 723 g/mol. The van der Waals surface area contributed by atoms with E-state index in [2.05, 4.69) is 26.6 Å². The summed E-state index contributed by atoms with van der Waals surface area (Å²) in [7, 11) is 1.62. The number of halogens is 10. The first-order valence-electron chi connectivity index (χ1n) is 10.2. The third kappa shape index (κ3) is 7.01. The van der Waals surface area contributed by atoms with E-state index in [0.29, 0.717) is 11.6 Å². The average Bonchev–Trinajstić information content (AvgIpc) is 2.84. The fourth-order valence-corrected chi connectivity index (χ4v) is 4.63. The molecule has 38 heavy (non-hydrogen) atoms. The van der Waals surface area contributed by atoms with Crippen molar-refractivity contribution in [2.75, 3.05) is 12.4 Å². The molecular weight excluding hydrogens is 707 g/mol. The maximum atomic E-state index is 14.2. The highest BCUT2D eigenvalue weighted by atomic mass is 127. The summed E-state index contributed by atoms with van der Waals surface area (Å²) in [5, 5.41) is 4.72. The van der Waals surface area contributed by atoms with Crippen molar-refractivity contribution < 1.29 is 44.7 Å². The van der Waals surface area contributed by atoms with Crippen LogP contribution < -0.4 is 10.6 Å². The van der Waals surface area contributed by atoms with Crippen LogP contribution in [0.4, 0.5) is 40.8 Å². The van der Waals surface area contributed by atoms with Gasteiger partial charge in [0.15, 0.2) is 0 Å². The molecule has 0 unspecified atom stereocenters. The van der Waals surface area contributed by atoms with E-state index in [9.17, 15) is 44.7 Å². The quantitative estimate of drug-likeness (QED) is 0.214. The molecule has 0 radical (unpaired) electrons. The molecule has 2 amide bonds. The van der Waals surface area contributed by atoms with Crippen molar-refractivity contribution in [1.29, 1.82) is 0 Å². The Hall–Kier alpha value is -2.75. The van der Waals surface area contributed by atoms with Crippen LogP contribution in [0.1, 0.15) is 26.3 Å². The lowest BCUT2D eigenvalue weighted by Crippen LogP contribution is -2.50. The van der Waals surface area contributed by atoms with E-state index in [0.717, 1.165) is 12.1 Å². The molecule has 0 saturated heterocycles. The molecule has 204 valence electrons. The first-order valence-corrected chi connectivity index (χ1v) is 12.1.